The fourth-order valence-electron chi connectivity index (χ4n) is 4.31. The third-order valence-corrected chi connectivity index (χ3v) is 5.87. The number of nitrogens with two attached hydrogens (primary N) is 2. The minimum absolute atomic E-state index is 0.0341. The second-order valence-corrected chi connectivity index (χ2v) is 7.89. The van der Waals surface area contributed by atoms with Crippen LogP contribution in [0.3, 0.4) is 0 Å². The molecule has 7 nitrogen and oxygen atoms in total. The zero-order valence-electron chi connectivity index (χ0n) is 17.2. The van der Waals surface area contributed by atoms with E-state index in [0.29, 0.717) is 17.7 Å². The number of aryl methyl sites for hydroxylation is 1. The fraction of sp³-hybridized carbons (Fsp3) is 0.500. The van der Waals surface area contributed by atoms with Crippen LogP contribution in [0.5, 0.6) is 0 Å². The van der Waals surface area contributed by atoms with Crippen molar-refractivity contribution in [1.82, 2.24) is 14.7 Å². The predicted octanol–water partition coefficient (Wildman–Crippen LogP) is 3.78. The summed E-state index contributed by atoms with van der Waals surface area (Å²) in [5.74, 6) is 1.51. The van der Waals surface area contributed by atoms with Crippen molar-refractivity contribution in [3.63, 3.8) is 0 Å². The molecule has 0 saturated carbocycles. The van der Waals surface area contributed by atoms with Gasteiger partial charge in [0.2, 0.25) is 5.82 Å². The van der Waals surface area contributed by atoms with E-state index >= 15 is 0 Å². The molecule has 1 aliphatic rings. The number of hydrogen-bond acceptors (Lipinski definition) is 3. The highest BCUT2D eigenvalue weighted by molar-refractivity contribution is 5.93. The molecule has 2 aromatic heterocycles. The number of rotatable bonds is 8. The van der Waals surface area contributed by atoms with Gasteiger partial charge in [0.25, 0.3) is 5.89 Å². The largest absolute Gasteiger partial charge is 0.347 e. The minimum Gasteiger partial charge on any atom is -0.347 e. The molecule has 0 bridgehead atoms. The van der Waals surface area contributed by atoms with Gasteiger partial charge in [-0.1, -0.05) is 49.9 Å². The molecular formula is C22H31N6O+. The van der Waals surface area contributed by atoms with Crippen LogP contribution in [0.4, 0.5) is 0 Å². The molecule has 0 spiro atoms. The molecule has 3 heterocycles. The van der Waals surface area contributed by atoms with E-state index in [1.165, 1.54) is 37.6 Å². The monoisotopic (exact) mass is 395 g/mol. The minimum atomic E-state index is -0.0341. The maximum atomic E-state index is 5.81. The van der Waals surface area contributed by atoms with Crippen LogP contribution in [0.25, 0.3) is 22.3 Å². The average molecular weight is 396 g/mol. The lowest BCUT2D eigenvalue weighted by Crippen LogP contribution is -2.35. The van der Waals surface area contributed by atoms with Crippen molar-refractivity contribution >= 4 is 16.9 Å². The summed E-state index contributed by atoms with van der Waals surface area (Å²) in [6.45, 7) is 4.11. The molecule has 1 saturated heterocycles. The van der Waals surface area contributed by atoms with Crippen LogP contribution in [0.1, 0.15) is 63.8 Å². The van der Waals surface area contributed by atoms with Gasteiger partial charge in [0.15, 0.2) is 6.04 Å². The lowest BCUT2D eigenvalue weighted by molar-refractivity contribution is -0.555. The molecule has 1 atom stereocenters. The van der Waals surface area contributed by atoms with Gasteiger partial charge < -0.3 is 9.09 Å². The van der Waals surface area contributed by atoms with Crippen molar-refractivity contribution in [1.29, 1.82) is 0 Å². The molecule has 3 aromatic rings. The first-order chi connectivity index (χ1) is 14.2. The molecule has 0 radical (unpaired) electrons. The summed E-state index contributed by atoms with van der Waals surface area (Å²) in [4.78, 5) is 4.70. The lowest BCUT2D eigenvalue weighted by Gasteiger charge is -2.07. The maximum Gasteiger partial charge on any atom is 0.341 e. The number of fused-ring (bicyclic) bond motifs is 1. The van der Waals surface area contributed by atoms with Crippen molar-refractivity contribution in [2.45, 2.75) is 64.5 Å². The van der Waals surface area contributed by atoms with Crippen LogP contribution in [0, 0.1) is 0 Å². The maximum absolute atomic E-state index is 5.81. The van der Waals surface area contributed by atoms with Gasteiger partial charge in [-0.15, -0.1) is 0 Å². The molecule has 1 aromatic carbocycles. The van der Waals surface area contributed by atoms with Gasteiger partial charge in [0.1, 0.15) is 0 Å². The zero-order valence-corrected chi connectivity index (χ0v) is 17.2. The number of benzene rings is 1. The lowest BCUT2D eigenvalue weighted by atomic mass is 10.1. The molecule has 29 heavy (non-hydrogen) atoms. The van der Waals surface area contributed by atoms with Gasteiger partial charge in [0.05, 0.1) is 6.54 Å². The summed E-state index contributed by atoms with van der Waals surface area (Å²) in [5.41, 5.74) is 13.8. The van der Waals surface area contributed by atoms with E-state index in [1.54, 1.807) is 0 Å². The fourth-order valence-corrected chi connectivity index (χ4v) is 4.31. The van der Waals surface area contributed by atoms with E-state index in [9.17, 15) is 0 Å². The Kier molecular flexibility index (Phi) is 5.83. The molecule has 7 heteroatoms. The third-order valence-electron chi connectivity index (χ3n) is 5.87. The smallest absolute Gasteiger partial charge is 0.341 e. The third kappa shape index (κ3) is 3.99. The summed E-state index contributed by atoms with van der Waals surface area (Å²) >= 11 is 0. The molecular weight excluding hydrogens is 364 g/mol. The highest BCUT2D eigenvalue weighted by atomic mass is 16.5. The second-order valence-electron chi connectivity index (χ2n) is 7.89. The SMILES string of the molecule is CCCCCCCn1ccc2c(-c3noc([C@@H]4CCC[N+]4=C(N)N)n3)cccc21. The second kappa shape index (κ2) is 8.68. The molecule has 1 aliphatic heterocycles. The Bertz CT molecular complexity index is 998. The Morgan fingerprint density at radius 2 is 2.07 bits per heavy atom. The van der Waals surface area contributed by atoms with Crippen LogP contribution in [-0.2, 0) is 6.54 Å². The zero-order chi connectivity index (χ0) is 20.2. The average Bonchev–Trinajstić information content (AvgIpc) is 3.46. The van der Waals surface area contributed by atoms with E-state index in [1.807, 2.05) is 4.58 Å². The molecule has 4 N–H and O–H groups in total. The summed E-state index contributed by atoms with van der Waals surface area (Å²) in [5, 5.41) is 5.42. The van der Waals surface area contributed by atoms with Gasteiger partial charge in [0, 0.05) is 29.2 Å². The topological polar surface area (TPSA) is 98.9 Å². The molecule has 1 fully saturated rings. The van der Waals surface area contributed by atoms with Crippen molar-refractivity contribution in [3.05, 3.63) is 36.4 Å². The highest BCUT2D eigenvalue weighted by Crippen LogP contribution is 2.31. The summed E-state index contributed by atoms with van der Waals surface area (Å²) < 4.78 is 9.87. The molecule has 0 aliphatic carbocycles. The summed E-state index contributed by atoms with van der Waals surface area (Å²) in [7, 11) is 0. The molecule has 154 valence electrons. The number of hydrogen-bond donors (Lipinski definition) is 2. The van der Waals surface area contributed by atoms with E-state index in [2.05, 4.69) is 47.1 Å². The number of guanidine groups is 1. The standard InChI is InChI=1S/C22H30N6O/c1-2-3-4-5-6-13-27-15-12-16-17(9-7-10-18(16)27)20-25-21(29-26-20)19-11-8-14-28(19)22(23)24/h7,9-10,12,15,19H,2-6,8,11,13-14H2,1H3,(H3,23,24)/p+1/t19-/m0/s1. The van der Waals surface area contributed by atoms with E-state index in [4.69, 9.17) is 21.0 Å². The van der Waals surface area contributed by atoms with Gasteiger partial charge in [-0.05, 0) is 31.4 Å². The summed E-state index contributed by atoms with van der Waals surface area (Å²) in [6, 6.07) is 8.40. The quantitative estimate of drug-likeness (QED) is 0.343. The predicted molar refractivity (Wildman–Crippen MR) is 114 cm³/mol. The van der Waals surface area contributed by atoms with Gasteiger partial charge >= 0.3 is 5.96 Å². The van der Waals surface area contributed by atoms with Crippen LogP contribution >= 0.6 is 0 Å². The molecule has 0 unspecified atom stereocenters. The Hall–Kier alpha value is -2.83. The number of aromatic nitrogens is 3. The highest BCUT2D eigenvalue weighted by Gasteiger charge is 2.31. The molecule has 0 amide bonds. The Morgan fingerprint density at radius 1 is 1.21 bits per heavy atom. The van der Waals surface area contributed by atoms with E-state index < -0.39 is 0 Å². The van der Waals surface area contributed by atoms with Crippen molar-refractivity contribution in [2.24, 2.45) is 11.5 Å². The van der Waals surface area contributed by atoms with Crippen LogP contribution < -0.4 is 11.5 Å². The summed E-state index contributed by atoms with van der Waals surface area (Å²) in [6.07, 6.45) is 10.5. The van der Waals surface area contributed by atoms with Crippen LogP contribution in [0.2, 0.25) is 0 Å². The Labute approximate surface area is 171 Å². The van der Waals surface area contributed by atoms with Gasteiger partial charge in [-0.2, -0.15) is 4.98 Å². The Balaban J connectivity index is 1.56. The van der Waals surface area contributed by atoms with Crippen molar-refractivity contribution in [2.75, 3.05) is 6.54 Å². The number of unbranched alkanes of at least 4 members (excludes halogenated alkanes) is 4. The normalized spacial score (nSPS) is 16.7. The van der Waals surface area contributed by atoms with Crippen molar-refractivity contribution in [3.8, 4) is 11.4 Å². The van der Waals surface area contributed by atoms with Crippen LogP contribution in [-0.4, -0.2) is 31.8 Å². The first-order valence-electron chi connectivity index (χ1n) is 10.8. The number of nitrogens with zero attached hydrogens (tertiary/aromatic N) is 4. The van der Waals surface area contributed by atoms with Crippen molar-refractivity contribution < 1.29 is 9.10 Å². The van der Waals surface area contributed by atoms with E-state index in [0.717, 1.165) is 36.9 Å². The Morgan fingerprint density at radius 3 is 2.90 bits per heavy atom. The first-order valence-corrected chi connectivity index (χ1v) is 10.8. The van der Waals surface area contributed by atoms with Gasteiger partial charge in [-0.3, -0.25) is 16.0 Å². The van der Waals surface area contributed by atoms with E-state index in [-0.39, 0.29) is 6.04 Å². The molecule has 4 rings (SSSR count). The first kappa shape index (κ1) is 19.5. The van der Waals surface area contributed by atoms with Crippen LogP contribution in [0.15, 0.2) is 35.0 Å². The van der Waals surface area contributed by atoms with Gasteiger partial charge in [-0.25, -0.2) is 0 Å².